The van der Waals surface area contributed by atoms with Crippen LogP contribution < -0.4 is 5.73 Å². The van der Waals surface area contributed by atoms with Gasteiger partial charge in [-0.15, -0.1) is 0 Å². The van der Waals surface area contributed by atoms with Gasteiger partial charge in [-0.2, -0.15) is 0 Å². The highest BCUT2D eigenvalue weighted by Crippen LogP contribution is 2.13. The lowest BCUT2D eigenvalue weighted by Crippen LogP contribution is -2.28. The molecule has 86 valence electrons. The summed E-state index contributed by atoms with van der Waals surface area (Å²) in [5.41, 5.74) is 9.66. The molecule has 0 atom stereocenters. The zero-order chi connectivity index (χ0) is 11.4. The van der Waals surface area contributed by atoms with E-state index < -0.39 is 0 Å². The normalized spacial score (nSPS) is 17.2. The molecule has 0 spiro atoms. The fourth-order valence-electron chi connectivity index (χ4n) is 2.16. The third kappa shape index (κ3) is 2.94. The van der Waals surface area contributed by atoms with Gasteiger partial charge in [-0.1, -0.05) is 35.9 Å². The third-order valence-electron chi connectivity index (χ3n) is 3.08. The van der Waals surface area contributed by atoms with E-state index in [-0.39, 0.29) is 0 Å². The van der Waals surface area contributed by atoms with E-state index in [2.05, 4.69) is 42.2 Å². The predicted octanol–water partition coefficient (Wildman–Crippen LogP) is 2.30. The highest BCUT2D eigenvalue weighted by Gasteiger charge is 2.09. The highest BCUT2D eigenvalue weighted by molar-refractivity contribution is 5.22. The topological polar surface area (TPSA) is 29.3 Å². The summed E-state index contributed by atoms with van der Waals surface area (Å²) in [6, 6.07) is 8.63. The van der Waals surface area contributed by atoms with Crippen LogP contribution in [0.15, 0.2) is 35.9 Å². The van der Waals surface area contributed by atoms with Crippen LogP contribution in [0, 0.1) is 0 Å². The zero-order valence-corrected chi connectivity index (χ0v) is 9.95. The quantitative estimate of drug-likeness (QED) is 0.786. The van der Waals surface area contributed by atoms with E-state index >= 15 is 0 Å². The van der Waals surface area contributed by atoms with Gasteiger partial charge in [-0.25, -0.2) is 0 Å². The zero-order valence-electron chi connectivity index (χ0n) is 9.95. The molecule has 0 amide bonds. The summed E-state index contributed by atoms with van der Waals surface area (Å²) in [7, 11) is 0. The number of benzene rings is 1. The summed E-state index contributed by atoms with van der Waals surface area (Å²) in [4.78, 5) is 2.49. The molecule has 1 aliphatic heterocycles. The van der Waals surface area contributed by atoms with Crippen molar-refractivity contribution in [3.8, 4) is 0 Å². The molecule has 0 fully saturated rings. The number of hydrogen-bond acceptors (Lipinski definition) is 2. The van der Waals surface area contributed by atoms with Gasteiger partial charge in [0.2, 0.25) is 0 Å². The van der Waals surface area contributed by atoms with E-state index in [9.17, 15) is 0 Å². The Morgan fingerprint density at radius 3 is 2.50 bits per heavy atom. The predicted molar refractivity (Wildman–Crippen MR) is 68.0 cm³/mol. The lowest BCUT2D eigenvalue weighted by molar-refractivity contribution is 0.282. The second-order valence-electron chi connectivity index (χ2n) is 4.57. The molecule has 1 aromatic rings. The summed E-state index contributed by atoms with van der Waals surface area (Å²) in [6.45, 7) is 6.18. The van der Waals surface area contributed by atoms with E-state index in [1.54, 1.807) is 0 Å². The fraction of sp³-hybridized carbons (Fsp3) is 0.429. The number of nitrogens with two attached hydrogens (primary N) is 1. The Balaban J connectivity index is 1.96. The summed E-state index contributed by atoms with van der Waals surface area (Å²) in [6.07, 6.45) is 3.53. The van der Waals surface area contributed by atoms with Gasteiger partial charge >= 0.3 is 0 Å². The molecule has 1 aromatic carbocycles. The molecule has 0 bridgehead atoms. The van der Waals surface area contributed by atoms with Crippen LogP contribution in [-0.4, -0.2) is 18.0 Å². The van der Waals surface area contributed by atoms with Crippen LogP contribution >= 0.6 is 0 Å². The molecule has 0 radical (unpaired) electrons. The molecular formula is C14H20N2. The van der Waals surface area contributed by atoms with Gasteiger partial charge in [-0.3, -0.25) is 4.90 Å². The van der Waals surface area contributed by atoms with Crippen molar-refractivity contribution >= 4 is 0 Å². The van der Waals surface area contributed by atoms with Crippen LogP contribution in [0.5, 0.6) is 0 Å². The lowest BCUT2D eigenvalue weighted by Gasteiger charge is -2.25. The molecular weight excluding hydrogens is 196 g/mol. The van der Waals surface area contributed by atoms with Crippen molar-refractivity contribution in [1.82, 2.24) is 4.90 Å². The number of nitrogens with zero attached hydrogens (tertiary/aromatic N) is 1. The van der Waals surface area contributed by atoms with E-state index in [1.807, 2.05) is 0 Å². The Hall–Kier alpha value is -1.12. The number of rotatable bonds is 3. The van der Waals surface area contributed by atoms with Crippen LogP contribution in [0.25, 0.3) is 0 Å². The van der Waals surface area contributed by atoms with Crippen LogP contribution in [-0.2, 0) is 13.1 Å². The molecule has 2 rings (SSSR count). The summed E-state index contributed by atoms with van der Waals surface area (Å²) in [5.74, 6) is 0. The van der Waals surface area contributed by atoms with E-state index in [1.165, 1.54) is 29.7 Å². The fourth-order valence-corrected chi connectivity index (χ4v) is 2.16. The van der Waals surface area contributed by atoms with Gasteiger partial charge in [0.15, 0.2) is 0 Å². The average Bonchev–Trinajstić information content (AvgIpc) is 2.30. The van der Waals surface area contributed by atoms with E-state index in [0.29, 0.717) is 6.54 Å². The SMILES string of the molecule is CC1=CCCN(Cc2ccc(CN)cc2)C1. The molecule has 0 aliphatic carbocycles. The first-order valence-electron chi connectivity index (χ1n) is 5.94. The van der Waals surface area contributed by atoms with E-state index in [4.69, 9.17) is 5.73 Å². The van der Waals surface area contributed by atoms with Gasteiger partial charge in [0.05, 0.1) is 0 Å². The maximum atomic E-state index is 5.58. The van der Waals surface area contributed by atoms with Crippen LogP contribution in [0.3, 0.4) is 0 Å². The molecule has 2 nitrogen and oxygen atoms in total. The molecule has 2 heteroatoms. The van der Waals surface area contributed by atoms with Crippen molar-refractivity contribution in [1.29, 1.82) is 0 Å². The maximum Gasteiger partial charge on any atom is 0.0237 e. The van der Waals surface area contributed by atoms with Crippen LogP contribution in [0.1, 0.15) is 24.5 Å². The minimum Gasteiger partial charge on any atom is -0.326 e. The second-order valence-corrected chi connectivity index (χ2v) is 4.57. The van der Waals surface area contributed by atoms with Crippen molar-refractivity contribution in [2.24, 2.45) is 5.73 Å². The Morgan fingerprint density at radius 1 is 1.19 bits per heavy atom. The Morgan fingerprint density at radius 2 is 1.88 bits per heavy atom. The Kier molecular flexibility index (Phi) is 3.75. The smallest absolute Gasteiger partial charge is 0.0237 e. The first-order chi connectivity index (χ1) is 7.78. The first kappa shape index (κ1) is 11.4. The minimum atomic E-state index is 0.631. The summed E-state index contributed by atoms with van der Waals surface area (Å²) < 4.78 is 0. The largest absolute Gasteiger partial charge is 0.326 e. The molecule has 0 aromatic heterocycles. The van der Waals surface area contributed by atoms with Crippen LogP contribution in [0.4, 0.5) is 0 Å². The summed E-state index contributed by atoms with van der Waals surface area (Å²) in [5, 5.41) is 0. The molecule has 1 aliphatic rings. The van der Waals surface area contributed by atoms with Gasteiger partial charge in [-0.05, 0) is 24.5 Å². The summed E-state index contributed by atoms with van der Waals surface area (Å²) >= 11 is 0. The lowest BCUT2D eigenvalue weighted by atomic mass is 10.1. The standard InChI is InChI=1S/C14H20N2/c1-12-3-2-8-16(10-12)11-14-6-4-13(9-15)5-7-14/h3-7H,2,8-11,15H2,1H3. The molecule has 0 saturated heterocycles. The van der Waals surface area contributed by atoms with E-state index in [0.717, 1.165) is 13.1 Å². The third-order valence-corrected chi connectivity index (χ3v) is 3.08. The van der Waals surface area contributed by atoms with Crippen molar-refractivity contribution < 1.29 is 0 Å². The van der Waals surface area contributed by atoms with Gasteiger partial charge in [0.1, 0.15) is 0 Å². The Bertz CT molecular complexity index is 365. The highest BCUT2D eigenvalue weighted by atomic mass is 15.1. The molecule has 16 heavy (non-hydrogen) atoms. The molecule has 1 heterocycles. The van der Waals surface area contributed by atoms with Crippen molar-refractivity contribution in [3.05, 3.63) is 47.0 Å². The van der Waals surface area contributed by atoms with Crippen LogP contribution in [0.2, 0.25) is 0 Å². The van der Waals surface area contributed by atoms with Gasteiger partial charge in [0, 0.05) is 26.2 Å². The minimum absolute atomic E-state index is 0.631. The molecule has 2 N–H and O–H groups in total. The van der Waals surface area contributed by atoms with Crippen molar-refractivity contribution in [2.45, 2.75) is 26.4 Å². The van der Waals surface area contributed by atoms with Crippen molar-refractivity contribution in [3.63, 3.8) is 0 Å². The van der Waals surface area contributed by atoms with Crippen molar-refractivity contribution in [2.75, 3.05) is 13.1 Å². The average molecular weight is 216 g/mol. The number of hydrogen-bond donors (Lipinski definition) is 1. The van der Waals surface area contributed by atoms with Gasteiger partial charge < -0.3 is 5.73 Å². The first-order valence-corrected chi connectivity index (χ1v) is 5.94. The second kappa shape index (κ2) is 5.28. The van der Waals surface area contributed by atoms with Gasteiger partial charge in [0.25, 0.3) is 0 Å². The maximum absolute atomic E-state index is 5.58. The monoisotopic (exact) mass is 216 g/mol. The Labute approximate surface area is 97.8 Å². The molecule has 0 saturated carbocycles. The molecule has 0 unspecified atom stereocenters.